The normalized spacial score (nSPS) is 27.0. The minimum atomic E-state index is -3.59. The summed E-state index contributed by atoms with van der Waals surface area (Å²) in [5, 5.41) is 0. The molecule has 6 nitrogen and oxygen atoms in total. The molecule has 0 aliphatic heterocycles. The van der Waals surface area contributed by atoms with Gasteiger partial charge in [-0.25, -0.2) is 17.9 Å². The minimum Gasteiger partial charge on any atom is -0.408 e. The molecule has 0 unspecified atom stereocenters. The van der Waals surface area contributed by atoms with Gasteiger partial charge < -0.3 is 4.42 Å². The number of nitrogens with one attached hydrogen (secondary N) is 1. The van der Waals surface area contributed by atoms with Crippen molar-refractivity contribution in [1.82, 2.24) is 9.29 Å². The van der Waals surface area contributed by atoms with Gasteiger partial charge in [-0.3, -0.25) is 4.57 Å². The third-order valence-electron chi connectivity index (χ3n) is 5.84. The fourth-order valence-electron chi connectivity index (χ4n) is 4.52. The first-order valence-electron chi connectivity index (χ1n) is 8.55. The van der Waals surface area contributed by atoms with Gasteiger partial charge in [0.2, 0.25) is 10.0 Å². The van der Waals surface area contributed by atoms with E-state index in [9.17, 15) is 13.2 Å². The Labute approximate surface area is 140 Å². The predicted octanol–water partition coefficient (Wildman–Crippen LogP) is 2.24. The number of aromatic nitrogens is 1. The summed E-state index contributed by atoms with van der Waals surface area (Å²) in [7, 11) is -2.00. The fourth-order valence-corrected chi connectivity index (χ4v) is 5.63. The number of nitrogens with zero attached hydrogens (tertiary/aromatic N) is 1. The second-order valence-electron chi connectivity index (χ2n) is 7.10. The Morgan fingerprint density at radius 3 is 2.92 bits per heavy atom. The van der Waals surface area contributed by atoms with E-state index in [0.717, 1.165) is 12.3 Å². The van der Waals surface area contributed by atoms with Crippen molar-refractivity contribution in [2.45, 2.75) is 37.0 Å². The molecule has 0 amide bonds. The first-order valence-corrected chi connectivity index (χ1v) is 10.0. The van der Waals surface area contributed by atoms with Crippen molar-refractivity contribution in [3.05, 3.63) is 28.7 Å². The molecule has 2 fully saturated rings. The molecule has 4 rings (SSSR count). The SMILES string of the molecule is Cn1c(=O)oc2cc(S(=O)(=O)NC[C@H]3CC[C@@H]4CCC[C@@H]43)ccc21. The zero-order valence-electron chi connectivity index (χ0n) is 13.7. The average molecular weight is 350 g/mol. The van der Waals surface area contributed by atoms with Crippen LogP contribution in [0.5, 0.6) is 0 Å². The monoisotopic (exact) mass is 350 g/mol. The molecule has 1 N–H and O–H groups in total. The Kier molecular flexibility index (Phi) is 3.80. The van der Waals surface area contributed by atoms with Crippen LogP contribution in [0.25, 0.3) is 11.1 Å². The Morgan fingerprint density at radius 2 is 2.08 bits per heavy atom. The molecule has 24 heavy (non-hydrogen) atoms. The van der Waals surface area contributed by atoms with Crippen LogP contribution in [0, 0.1) is 17.8 Å². The summed E-state index contributed by atoms with van der Waals surface area (Å²) < 4.78 is 34.4. The van der Waals surface area contributed by atoms with Crippen LogP contribution < -0.4 is 10.5 Å². The topological polar surface area (TPSA) is 81.3 Å². The molecular weight excluding hydrogens is 328 g/mol. The Balaban J connectivity index is 1.53. The summed E-state index contributed by atoms with van der Waals surface area (Å²) in [4.78, 5) is 11.7. The van der Waals surface area contributed by atoms with Crippen molar-refractivity contribution in [3.8, 4) is 0 Å². The van der Waals surface area contributed by atoms with Crippen molar-refractivity contribution in [2.75, 3.05) is 6.54 Å². The van der Waals surface area contributed by atoms with E-state index in [1.54, 1.807) is 13.1 Å². The quantitative estimate of drug-likeness (QED) is 0.917. The van der Waals surface area contributed by atoms with E-state index in [0.29, 0.717) is 29.5 Å². The molecule has 1 aromatic heterocycles. The number of hydrogen-bond donors (Lipinski definition) is 1. The van der Waals surface area contributed by atoms with Crippen molar-refractivity contribution >= 4 is 21.1 Å². The number of aryl methyl sites for hydroxylation is 1. The van der Waals surface area contributed by atoms with E-state index in [2.05, 4.69) is 4.72 Å². The number of fused-ring (bicyclic) bond motifs is 2. The summed E-state index contributed by atoms with van der Waals surface area (Å²) in [6.45, 7) is 0.500. The van der Waals surface area contributed by atoms with Crippen molar-refractivity contribution in [2.24, 2.45) is 24.8 Å². The summed E-state index contributed by atoms with van der Waals surface area (Å²) in [5.74, 6) is 1.44. The molecule has 0 saturated heterocycles. The Morgan fingerprint density at radius 1 is 1.25 bits per heavy atom. The average Bonchev–Trinajstić information content (AvgIpc) is 3.22. The van der Waals surface area contributed by atoms with Crippen LogP contribution in [0.4, 0.5) is 0 Å². The van der Waals surface area contributed by atoms with E-state index in [1.165, 1.54) is 42.4 Å². The van der Waals surface area contributed by atoms with Crippen LogP contribution in [0.15, 0.2) is 32.3 Å². The first-order chi connectivity index (χ1) is 11.5. The van der Waals surface area contributed by atoms with Crippen LogP contribution in [0.2, 0.25) is 0 Å². The van der Waals surface area contributed by atoms with Crippen LogP contribution in [0.3, 0.4) is 0 Å². The van der Waals surface area contributed by atoms with Crippen LogP contribution in [-0.2, 0) is 17.1 Å². The maximum Gasteiger partial charge on any atom is 0.419 e. The number of benzene rings is 1. The molecular formula is C17H22N2O4S. The highest BCUT2D eigenvalue weighted by Gasteiger charge is 2.39. The fraction of sp³-hybridized carbons (Fsp3) is 0.588. The lowest BCUT2D eigenvalue weighted by Crippen LogP contribution is -2.31. The Hall–Kier alpha value is -1.60. The third-order valence-corrected chi connectivity index (χ3v) is 7.26. The van der Waals surface area contributed by atoms with Gasteiger partial charge in [0.05, 0.1) is 10.4 Å². The molecule has 0 bridgehead atoms. The standard InChI is InChI=1S/C17H22N2O4S/c1-19-15-8-7-13(9-16(15)23-17(19)20)24(21,22)18-10-12-6-5-11-3-2-4-14(11)12/h7-9,11-12,14,18H,2-6,10H2,1H3/t11-,12+,14-/m0/s1. The van der Waals surface area contributed by atoms with Crippen LogP contribution in [-0.4, -0.2) is 19.5 Å². The molecule has 7 heteroatoms. The highest BCUT2D eigenvalue weighted by molar-refractivity contribution is 7.89. The van der Waals surface area contributed by atoms with Crippen molar-refractivity contribution in [3.63, 3.8) is 0 Å². The van der Waals surface area contributed by atoms with Gasteiger partial charge in [0.1, 0.15) is 0 Å². The van der Waals surface area contributed by atoms with E-state index < -0.39 is 15.8 Å². The number of rotatable bonds is 4. The first kappa shape index (κ1) is 15.9. The Bertz CT molecular complexity index is 928. The molecule has 1 aromatic carbocycles. The summed E-state index contributed by atoms with van der Waals surface area (Å²) in [6.07, 6.45) is 6.17. The van der Waals surface area contributed by atoms with Crippen molar-refractivity contribution < 1.29 is 12.8 Å². The highest BCUT2D eigenvalue weighted by atomic mass is 32.2. The van der Waals surface area contributed by atoms with E-state index in [1.807, 2.05) is 0 Å². The summed E-state index contributed by atoms with van der Waals surface area (Å²) in [6, 6.07) is 4.55. The predicted molar refractivity (Wildman–Crippen MR) is 90.2 cm³/mol. The lowest BCUT2D eigenvalue weighted by atomic mass is 9.92. The lowest BCUT2D eigenvalue weighted by molar-refractivity contribution is 0.352. The van der Waals surface area contributed by atoms with Crippen LogP contribution >= 0.6 is 0 Å². The summed E-state index contributed by atoms with van der Waals surface area (Å²) >= 11 is 0. The molecule has 130 valence electrons. The van der Waals surface area contributed by atoms with Crippen LogP contribution in [0.1, 0.15) is 32.1 Å². The van der Waals surface area contributed by atoms with Gasteiger partial charge in [-0.05, 0) is 49.1 Å². The minimum absolute atomic E-state index is 0.144. The zero-order valence-corrected chi connectivity index (χ0v) is 14.5. The summed E-state index contributed by atoms with van der Waals surface area (Å²) in [5.41, 5.74) is 0.880. The maximum atomic E-state index is 12.6. The molecule has 0 radical (unpaired) electrons. The highest BCUT2D eigenvalue weighted by Crippen LogP contribution is 2.47. The smallest absolute Gasteiger partial charge is 0.408 e. The van der Waals surface area contributed by atoms with Gasteiger partial charge in [-0.15, -0.1) is 0 Å². The molecule has 0 spiro atoms. The molecule has 1 heterocycles. The number of oxazole rings is 1. The second-order valence-corrected chi connectivity index (χ2v) is 8.87. The van der Waals surface area contributed by atoms with Gasteiger partial charge in [0.25, 0.3) is 0 Å². The largest absolute Gasteiger partial charge is 0.419 e. The van der Waals surface area contributed by atoms with Gasteiger partial charge in [-0.2, -0.15) is 0 Å². The number of sulfonamides is 1. The lowest BCUT2D eigenvalue weighted by Gasteiger charge is -2.19. The molecule has 2 aliphatic rings. The van der Waals surface area contributed by atoms with Crippen molar-refractivity contribution in [1.29, 1.82) is 0 Å². The van der Waals surface area contributed by atoms with E-state index in [4.69, 9.17) is 4.42 Å². The zero-order chi connectivity index (χ0) is 16.9. The van der Waals surface area contributed by atoms with Gasteiger partial charge in [-0.1, -0.05) is 12.8 Å². The third kappa shape index (κ3) is 2.59. The molecule has 3 atom stereocenters. The van der Waals surface area contributed by atoms with Gasteiger partial charge in [0, 0.05) is 19.7 Å². The maximum absolute atomic E-state index is 12.6. The number of hydrogen-bond acceptors (Lipinski definition) is 4. The van der Waals surface area contributed by atoms with E-state index in [-0.39, 0.29) is 4.90 Å². The molecule has 2 saturated carbocycles. The molecule has 2 aromatic rings. The second kappa shape index (κ2) is 5.74. The molecule has 2 aliphatic carbocycles. The van der Waals surface area contributed by atoms with Gasteiger partial charge >= 0.3 is 5.76 Å². The van der Waals surface area contributed by atoms with Gasteiger partial charge in [0.15, 0.2) is 5.58 Å². The van der Waals surface area contributed by atoms with E-state index >= 15 is 0 Å².